The van der Waals surface area contributed by atoms with E-state index in [0.717, 1.165) is 25.3 Å². The predicted octanol–water partition coefficient (Wildman–Crippen LogP) is 3.09. The topological polar surface area (TPSA) is 32.3 Å². The Kier molecular flexibility index (Phi) is 4.02. The maximum Gasteiger partial charge on any atom is 0.136 e. The maximum absolute atomic E-state index is 13.7. The van der Waals surface area contributed by atoms with Crippen LogP contribution < -0.4 is 5.32 Å². The molecule has 2 unspecified atom stereocenters. The third-order valence-corrected chi connectivity index (χ3v) is 5.44. The first-order chi connectivity index (χ1) is 9.60. The number of benzene rings is 1. The normalized spacial score (nSPS) is 29.9. The summed E-state index contributed by atoms with van der Waals surface area (Å²) in [6, 6.07) is 4.11. The summed E-state index contributed by atoms with van der Waals surface area (Å²) >= 11 is 1.39. The Morgan fingerprint density at radius 2 is 2.10 bits per heavy atom. The fourth-order valence-corrected chi connectivity index (χ4v) is 4.26. The summed E-state index contributed by atoms with van der Waals surface area (Å²) in [5.74, 6) is -0.774. The lowest BCUT2D eigenvalue weighted by molar-refractivity contribution is 0.163. The van der Waals surface area contributed by atoms with Gasteiger partial charge >= 0.3 is 0 Å². The van der Waals surface area contributed by atoms with Crippen molar-refractivity contribution in [3.8, 4) is 0 Å². The van der Waals surface area contributed by atoms with Gasteiger partial charge in [0.2, 0.25) is 0 Å². The molecule has 110 valence electrons. The summed E-state index contributed by atoms with van der Waals surface area (Å²) in [6.07, 6.45) is 4.98. The van der Waals surface area contributed by atoms with Gasteiger partial charge in [-0.1, -0.05) is 0 Å². The van der Waals surface area contributed by atoms with Crippen molar-refractivity contribution < 1.29 is 13.9 Å². The molecule has 0 aromatic heterocycles. The molecule has 3 rings (SSSR count). The number of halogens is 2. The molecular formula is C15H19F2NOS. The van der Waals surface area contributed by atoms with Gasteiger partial charge in [-0.2, -0.15) is 0 Å². The Morgan fingerprint density at radius 3 is 2.80 bits per heavy atom. The van der Waals surface area contributed by atoms with Gasteiger partial charge in [-0.25, -0.2) is 8.78 Å². The van der Waals surface area contributed by atoms with E-state index in [0.29, 0.717) is 10.9 Å². The molecular weight excluding hydrogens is 280 g/mol. The summed E-state index contributed by atoms with van der Waals surface area (Å²) in [7, 11) is 0. The highest BCUT2D eigenvalue weighted by Crippen LogP contribution is 2.42. The van der Waals surface area contributed by atoms with Crippen molar-refractivity contribution in [3.63, 3.8) is 0 Å². The van der Waals surface area contributed by atoms with Crippen molar-refractivity contribution >= 4 is 11.8 Å². The highest BCUT2D eigenvalue weighted by molar-refractivity contribution is 8.00. The fraction of sp³-hybridized carbons (Fsp3) is 0.600. The van der Waals surface area contributed by atoms with Gasteiger partial charge in [-0.15, -0.1) is 11.8 Å². The molecule has 2 fully saturated rings. The van der Waals surface area contributed by atoms with Crippen molar-refractivity contribution in [2.24, 2.45) is 0 Å². The van der Waals surface area contributed by atoms with E-state index in [-0.39, 0.29) is 23.2 Å². The van der Waals surface area contributed by atoms with E-state index in [1.54, 1.807) is 0 Å². The minimum atomic E-state index is -0.406. The van der Waals surface area contributed by atoms with E-state index in [1.807, 2.05) is 0 Å². The number of aliphatic hydroxyl groups excluding tert-OH is 1. The van der Waals surface area contributed by atoms with E-state index in [9.17, 15) is 13.9 Å². The molecule has 1 aromatic rings. The van der Waals surface area contributed by atoms with Crippen LogP contribution in [0.15, 0.2) is 23.1 Å². The first-order valence-corrected chi connectivity index (χ1v) is 7.98. The first kappa shape index (κ1) is 14.3. The lowest BCUT2D eigenvalue weighted by Crippen LogP contribution is -2.47. The fourth-order valence-electron chi connectivity index (χ4n) is 2.91. The zero-order valence-electron chi connectivity index (χ0n) is 11.2. The zero-order chi connectivity index (χ0) is 14.2. The van der Waals surface area contributed by atoms with Crippen molar-refractivity contribution in [3.05, 3.63) is 29.8 Å². The number of aliphatic hydroxyl groups is 1. The smallest absolute Gasteiger partial charge is 0.136 e. The summed E-state index contributed by atoms with van der Waals surface area (Å²) in [6.45, 7) is 0.117. The highest BCUT2D eigenvalue weighted by Gasteiger charge is 2.42. The molecule has 0 heterocycles. The van der Waals surface area contributed by atoms with Crippen LogP contribution in [0.2, 0.25) is 0 Å². The van der Waals surface area contributed by atoms with Crippen LogP contribution in [-0.4, -0.2) is 28.5 Å². The molecule has 5 heteroatoms. The van der Waals surface area contributed by atoms with E-state index < -0.39 is 5.82 Å². The Labute approximate surface area is 122 Å². The highest BCUT2D eigenvalue weighted by atomic mass is 32.2. The van der Waals surface area contributed by atoms with Crippen LogP contribution in [-0.2, 0) is 0 Å². The molecule has 2 aliphatic rings. The minimum Gasteiger partial charge on any atom is -0.394 e. The summed E-state index contributed by atoms with van der Waals surface area (Å²) in [5, 5.41) is 13.4. The molecule has 0 bridgehead atoms. The third-order valence-electron chi connectivity index (χ3n) is 4.14. The third kappa shape index (κ3) is 3.15. The molecule has 0 aliphatic heterocycles. The summed E-state index contributed by atoms with van der Waals surface area (Å²) in [4.78, 5) is 0.371. The molecule has 20 heavy (non-hydrogen) atoms. The monoisotopic (exact) mass is 299 g/mol. The number of hydrogen-bond acceptors (Lipinski definition) is 3. The van der Waals surface area contributed by atoms with Crippen molar-refractivity contribution in [1.29, 1.82) is 0 Å². The van der Waals surface area contributed by atoms with E-state index in [1.165, 1.54) is 36.7 Å². The standard InChI is InChI=1S/C15H19F2NOS/c16-10-1-4-13(17)14(7-10)20-12-5-6-15(8-12,9-19)18-11-2-3-11/h1,4,7,11-12,18-19H,2-3,5-6,8-9H2. The Hall–Kier alpha value is -0.650. The van der Waals surface area contributed by atoms with Crippen LogP contribution >= 0.6 is 11.8 Å². The van der Waals surface area contributed by atoms with E-state index in [4.69, 9.17) is 0 Å². The van der Waals surface area contributed by atoms with E-state index in [2.05, 4.69) is 5.32 Å². The van der Waals surface area contributed by atoms with Gasteiger partial charge in [0.25, 0.3) is 0 Å². The molecule has 0 radical (unpaired) electrons. The van der Waals surface area contributed by atoms with Gasteiger partial charge < -0.3 is 10.4 Å². The van der Waals surface area contributed by atoms with Gasteiger partial charge in [0.05, 0.1) is 6.61 Å². The van der Waals surface area contributed by atoms with Crippen molar-refractivity contribution in [2.45, 2.75) is 53.8 Å². The van der Waals surface area contributed by atoms with Crippen LogP contribution in [0.4, 0.5) is 8.78 Å². The van der Waals surface area contributed by atoms with Crippen molar-refractivity contribution in [2.75, 3.05) is 6.61 Å². The molecule has 0 saturated heterocycles. The predicted molar refractivity (Wildman–Crippen MR) is 75.8 cm³/mol. The average Bonchev–Trinajstić information content (AvgIpc) is 3.14. The molecule has 0 amide bonds. The van der Waals surface area contributed by atoms with Crippen molar-refractivity contribution in [1.82, 2.24) is 5.32 Å². The zero-order valence-corrected chi connectivity index (χ0v) is 12.1. The van der Waals surface area contributed by atoms with Crippen LogP contribution in [0.5, 0.6) is 0 Å². The van der Waals surface area contributed by atoms with Crippen LogP contribution in [0.3, 0.4) is 0 Å². The lowest BCUT2D eigenvalue weighted by Gasteiger charge is -2.28. The second kappa shape index (κ2) is 5.62. The molecule has 2 N–H and O–H groups in total. The van der Waals surface area contributed by atoms with Gasteiger partial charge in [-0.05, 0) is 50.3 Å². The first-order valence-electron chi connectivity index (χ1n) is 7.10. The lowest BCUT2D eigenvalue weighted by atomic mass is 9.99. The van der Waals surface area contributed by atoms with Crippen LogP contribution in [0.1, 0.15) is 32.1 Å². The number of thioether (sulfide) groups is 1. The summed E-state index contributed by atoms with van der Waals surface area (Å²) in [5.41, 5.74) is -0.220. The summed E-state index contributed by atoms with van der Waals surface area (Å²) < 4.78 is 26.9. The van der Waals surface area contributed by atoms with Gasteiger partial charge in [-0.3, -0.25) is 0 Å². The van der Waals surface area contributed by atoms with Gasteiger partial charge in [0.1, 0.15) is 11.6 Å². The number of rotatable bonds is 5. The number of nitrogens with one attached hydrogen (secondary N) is 1. The molecule has 2 nitrogen and oxygen atoms in total. The largest absolute Gasteiger partial charge is 0.394 e. The SMILES string of the molecule is OCC1(NC2CC2)CCC(Sc2cc(F)ccc2F)C1. The molecule has 1 aromatic carbocycles. The Balaban J connectivity index is 1.65. The molecule has 2 saturated carbocycles. The second-order valence-corrected chi connectivity index (χ2v) is 7.26. The Bertz CT molecular complexity index is 495. The van der Waals surface area contributed by atoms with Crippen LogP contribution in [0.25, 0.3) is 0 Å². The number of hydrogen-bond donors (Lipinski definition) is 2. The second-order valence-electron chi connectivity index (χ2n) is 5.91. The van der Waals surface area contributed by atoms with Gasteiger partial charge in [0.15, 0.2) is 0 Å². The van der Waals surface area contributed by atoms with Crippen LogP contribution in [0, 0.1) is 11.6 Å². The molecule has 2 aliphatic carbocycles. The minimum absolute atomic E-state index is 0.117. The molecule has 2 atom stereocenters. The quantitative estimate of drug-likeness (QED) is 0.876. The molecule has 0 spiro atoms. The van der Waals surface area contributed by atoms with E-state index >= 15 is 0 Å². The maximum atomic E-state index is 13.7. The van der Waals surface area contributed by atoms with Gasteiger partial charge in [0, 0.05) is 21.7 Å². The Morgan fingerprint density at radius 1 is 1.30 bits per heavy atom. The average molecular weight is 299 g/mol.